The maximum Gasteiger partial charge on any atom is 0.247 e. The zero-order valence-corrected chi connectivity index (χ0v) is 19.3. The SMILES string of the molecule is CC(C)Oc1ccc(CNC(=O)CNC(=O)[C@@]2(C)CN(S(C)(=O)=O)CC(=O)N2C)cc1. The average molecular weight is 455 g/mol. The molecule has 2 rings (SSSR count). The van der Waals surface area contributed by atoms with Gasteiger partial charge >= 0.3 is 0 Å². The molecule has 1 aliphatic heterocycles. The van der Waals surface area contributed by atoms with E-state index in [4.69, 9.17) is 4.74 Å². The van der Waals surface area contributed by atoms with Gasteiger partial charge in [-0.3, -0.25) is 14.4 Å². The number of ether oxygens (including phenoxy) is 1. The Morgan fingerprint density at radius 3 is 2.35 bits per heavy atom. The van der Waals surface area contributed by atoms with E-state index in [0.717, 1.165) is 21.9 Å². The van der Waals surface area contributed by atoms with Crippen LogP contribution in [0.1, 0.15) is 26.3 Å². The van der Waals surface area contributed by atoms with Crippen LogP contribution in [-0.2, 0) is 31.0 Å². The third-order valence-electron chi connectivity index (χ3n) is 5.06. The van der Waals surface area contributed by atoms with Crippen LogP contribution in [0.5, 0.6) is 5.75 Å². The summed E-state index contributed by atoms with van der Waals surface area (Å²) in [5.41, 5.74) is -0.561. The number of carbonyl (C=O) groups is 3. The highest BCUT2D eigenvalue weighted by molar-refractivity contribution is 7.88. The van der Waals surface area contributed by atoms with Gasteiger partial charge in [0.1, 0.15) is 11.3 Å². The molecular weight excluding hydrogens is 424 g/mol. The third-order valence-corrected chi connectivity index (χ3v) is 6.26. The Balaban J connectivity index is 1.90. The second-order valence-electron chi connectivity index (χ2n) is 8.03. The van der Waals surface area contributed by atoms with E-state index < -0.39 is 33.3 Å². The van der Waals surface area contributed by atoms with E-state index >= 15 is 0 Å². The van der Waals surface area contributed by atoms with Gasteiger partial charge in [-0.05, 0) is 38.5 Å². The van der Waals surface area contributed by atoms with E-state index in [9.17, 15) is 22.8 Å². The number of carbonyl (C=O) groups excluding carboxylic acids is 3. The summed E-state index contributed by atoms with van der Waals surface area (Å²) in [5.74, 6) is -0.783. The van der Waals surface area contributed by atoms with Gasteiger partial charge in [0.05, 0.1) is 25.4 Å². The summed E-state index contributed by atoms with van der Waals surface area (Å²) in [6.07, 6.45) is 1.05. The molecule has 0 radical (unpaired) electrons. The fourth-order valence-electron chi connectivity index (χ4n) is 3.07. The lowest BCUT2D eigenvalue weighted by molar-refractivity contribution is -0.150. The van der Waals surface area contributed by atoms with Gasteiger partial charge in [-0.15, -0.1) is 0 Å². The van der Waals surface area contributed by atoms with Crippen LogP contribution in [0.3, 0.4) is 0 Å². The van der Waals surface area contributed by atoms with Crippen LogP contribution in [0.4, 0.5) is 0 Å². The van der Waals surface area contributed by atoms with Crippen LogP contribution in [-0.4, -0.2) is 79.9 Å². The maximum absolute atomic E-state index is 12.7. The maximum atomic E-state index is 12.7. The summed E-state index contributed by atoms with van der Waals surface area (Å²) in [7, 11) is -2.21. The summed E-state index contributed by atoms with van der Waals surface area (Å²) in [5, 5.41) is 5.20. The highest BCUT2D eigenvalue weighted by atomic mass is 32.2. The molecule has 0 aromatic heterocycles. The van der Waals surface area contributed by atoms with E-state index in [2.05, 4.69) is 10.6 Å². The first-order chi connectivity index (χ1) is 14.3. The first kappa shape index (κ1) is 24.6. The number of hydrogen-bond acceptors (Lipinski definition) is 6. The van der Waals surface area contributed by atoms with Gasteiger partial charge in [-0.2, -0.15) is 4.31 Å². The van der Waals surface area contributed by atoms with Crippen molar-refractivity contribution in [3.05, 3.63) is 29.8 Å². The van der Waals surface area contributed by atoms with Crippen molar-refractivity contribution in [1.82, 2.24) is 19.8 Å². The normalized spacial score (nSPS) is 19.9. The summed E-state index contributed by atoms with van der Waals surface area (Å²) in [6.45, 7) is 4.80. The lowest BCUT2D eigenvalue weighted by Crippen LogP contribution is -2.68. The molecule has 11 heteroatoms. The molecule has 0 unspecified atom stereocenters. The quantitative estimate of drug-likeness (QED) is 0.556. The van der Waals surface area contributed by atoms with Crippen LogP contribution in [0.25, 0.3) is 0 Å². The number of likely N-dealkylation sites (N-methyl/N-ethyl adjacent to an activating group) is 1. The highest BCUT2D eigenvalue weighted by Crippen LogP contribution is 2.22. The Bertz CT molecular complexity index is 931. The standard InChI is InChI=1S/C20H30N4O6S/c1-14(2)30-16-8-6-15(7-9-16)10-21-17(25)11-22-19(27)20(3)13-24(31(5,28)29)12-18(26)23(20)4/h6-9,14H,10-13H2,1-5H3,(H,21,25)(H,22,27)/t20-/m1/s1. The molecule has 0 aliphatic carbocycles. The molecule has 0 saturated carbocycles. The smallest absolute Gasteiger partial charge is 0.247 e. The second-order valence-corrected chi connectivity index (χ2v) is 10.0. The molecule has 10 nitrogen and oxygen atoms in total. The molecule has 1 fully saturated rings. The van der Waals surface area contributed by atoms with Crippen molar-refractivity contribution in [2.75, 3.05) is 32.9 Å². The Kier molecular flexibility index (Phi) is 7.66. The molecule has 1 aromatic rings. The molecule has 1 saturated heterocycles. The van der Waals surface area contributed by atoms with E-state index in [0.29, 0.717) is 0 Å². The van der Waals surface area contributed by atoms with Crippen LogP contribution in [0.2, 0.25) is 0 Å². The number of nitrogens with zero attached hydrogens (tertiary/aromatic N) is 2. The van der Waals surface area contributed by atoms with Crippen molar-refractivity contribution < 1.29 is 27.5 Å². The molecule has 3 amide bonds. The summed E-state index contributed by atoms with van der Waals surface area (Å²) in [6, 6.07) is 7.29. The Hall–Kier alpha value is -2.66. The van der Waals surface area contributed by atoms with E-state index in [-0.39, 0.29) is 32.3 Å². The lowest BCUT2D eigenvalue weighted by atomic mass is 9.96. The largest absolute Gasteiger partial charge is 0.491 e. The van der Waals surface area contributed by atoms with Gasteiger partial charge in [0.2, 0.25) is 27.7 Å². The van der Waals surface area contributed by atoms with Crippen LogP contribution < -0.4 is 15.4 Å². The predicted molar refractivity (Wildman–Crippen MR) is 115 cm³/mol. The topological polar surface area (TPSA) is 125 Å². The second kappa shape index (κ2) is 9.65. The molecule has 172 valence electrons. The molecule has 1 heterocycles. The van der Waals surface area contributed by atoms with Crippen LogP contribution >= 0.6 is 0 Å². The van der Waals surface area contributed by atoms with Crippen molar-refractivity contribution in [3.63, 3.8) is 0 Å². The minimum absolute atomic E-state index is 0.0686. The average Bonchev–Trinajstić information content (AvgIpc) is 2.68. The lowest BCUT2D eigenvalue weighted by Gasteiger charge is -2.44. The fraction of sp³-hybridized carbons (Fsp3) is 0.550. The summed E-state index contributed by atoms with van der Waals surface area (Å²) >= 11 is 0. The van der Waals surface area contributed by atoms with Gasteiger partial charge in [0.15, 0.2) is 0 Å². The van der Waals surface area contributed by atoms with Gasteiger partial charge in [-0.1, -0.05) is 12.1 Å². The van der Waals surface area contributed by atoms with E-state index in [1.165, 1.54) is 18.9 Å². The zero-order chi connectivity index (χ0) is 23.4. The number of rotatable bonds is 8. The molecule has 0 bridgehead atoms. The molecule has 31 heavy (non-hydrogen) atoms. The third kappa shape index (κ3) is 6.41. The number of amides is 3. The summed E-state index contributed by atoms with van der Waals surface area (Å²) < 4.78 is 30.2. The molecule has 1 aliphatic rings. The van der Waals surface area contributed by atoms with Gasteiger partial charge in [0.25, 0.3) is 0 Å². The van der Waals surface area contributed by atoms with Gasteiger partial charge in [0, 0.05) is 20.1 Å². The molecule has 2 N–H and O–H groups in total. The Morgan fingerprint density at radius 1 is 1.19 bits per heavy atom. The van der Waals surface area contributed by atoms with Crippen molar-refractivity contribution >= 4 is 27.7 Å². The molecule has 1 atom stereocenters. The first-order valence-corrected chi connectivity index (χ1v) is 11.7. The Labute approximate surface area is 183 Å². The number of sulfonamides is 1. The van der Waals surface area contributed by atoms with E-state index in [1.54, 1.807) is 0 Å². The Morgan fingerprint density at radius 2 is 1.81 bits per heavy atom. The first-order valence-electron chi connectivity index (χ1n) is 9.85. The summed E-state index contributed by atoms with van der Waals surface area (Å²) in [4.78, 5) is 38.3. The number of piperazine rings is 1. The van der Waals surface area contributed by atoms with Crippen LogP contribution in [0, 0.1) is 0 Å². The number of hydrogen-bond donors (Lipinski definition) is 2. The zero-order valence-electron chi connectivity index (χ0n) is 18.5. The minimum atomic E-state index is -3.65. The molecule has 0 spiro atoms. The number of nitrogens with one attached hydrogen (secondary N) is 2. The molecular formula is C20H30N4O6S. The monoisotopic (exact) mass is 454 g/mol. The van der Waals surface area contributed by atoms with Crippen molar-refractivity contribution in [2.45, 2.75) is 39.0 Å². The van der Waals surface area contributed by atoms with E-state index in [1.807, 2.05) is 38.1 Å². The van der Waals surface area contributed by atoms with Crippen molar-refractivity contribution in [1.29, 1.82) is 0 Å². The van der Waals surface area contributed by atoms with Gasteiger partial charge < -0.3 is 20.3 Å². The van der Waals surface area contributed by atoms with Crippen LogP contribution in [0.15, 0.2) is 24.3 Å². The molecule has 1 aromatic carbocycles. The van der Waals surface area contributed by atoms with Gasteiger partial charge in [-0.25, -0.2) is 8.42 Å². The fourth-order valence-corrected chi connectivity index (χ4v) is 3.90. The highest BCUT2D eigenvalue weighted by Gasteiger charge is 2.47. The predicted octanol–water partition coefficient (Wildman–Crippen LogP) is -0.301. The van der Waals surface area contributed by atoms with Crippen molar-refractivity contribution in [2.24, 2.45) is 0 Å². The number of benzene rings is 1. The minimum Gasteiger partial charge on any atom is -0.491 e. The van der Waals surface area contributed by atoms with Crippen molar-refractivity contribution in [3.8, 4) is 5.75 Å².